The Kier molecular flexibility index (Phi) is 3.70. The highest BCUT2D eigenvalue weighted by atomic mass is 16.4. The van der Waals surface area contributed by atoms with Gasteiger partial charge < -0.3 is 10.2 Å². The van der Waals surface area contributed by atoms with Crippen molar-refractivity contribution in [2.45, 2.75) is 32.1 Å². The smallest absolute Gasteiger partial charge is 0.310 e. The normalized spacial score (nSPS) is 13.5. The molecule has 3 nitrogen and oxygen atoms in total. The first-order valence-electron chi connectivity index (χ1n) is 5.32. The summed E-state index contributed by atoms with van der Waals surface area (Å²) in [6.45, 7) is 5.56. The van der Waals surface area contributed by atoms with E-state index in [1.54, 1.807) is 13.0 Å². The van der Waals surface area contributed by atoms with Crippen molar-refractivity contribution in [3.63, 3.8) is 0 Å². The first-order valence-corrected chi connectivity index (χ1v) is 5.32. The van der Waals surface area contributed by atoms with Crippen molar-refractivity contribution in [1.29, 1.82) is 0 Å². The number of aliphatic carboxylic acids is 1. The second-order valence-electron chi connectivity index (χ2n) is 4.73. The van der Waals surface area contributed by atoms with E-state index in [1.807, 2.05) is 32.0 Å². The van der Waals surface area contributed by atoms with E-state index in [0.29, 0.717) is 0 Å². The molecule has 0 saturated heterocycles. The van der Waals surface area contributed by atoms with Gasteiger partial charge in [0.15, 0.2) is 0 Å². The summed E-state index contributed by atoms with van der Waals surface area (Å²) in [7, 11) is 0. The fourth-order valence-electron chi connectivity index (χ4n) is 1.46. The lowest BCUT2D eigenvalue weighted by Gasteiger charge is -2.23. The van der Waals surface area contributed by atoms with Gasteiger partial charge in [-0.15, -0.1) is 0 Å². The molecule has 0 bridgehead atoms. The predicted molar refractivity (Wildman–Crippen MR) is 62.6 cm³/mol. The second kappa shape index (κ2) is 4.66. The van der Waals surface area contributed by atoms with Crippen LogP contribution >= 0.6 is 0 Å². The summed E-state index contributed by atoms with van der Waals surface area (Å²) < 4.78 is 0. The number of carboxylic acids is 1. The lowest BCUT2D eigenvalue weighted by atomic mass is 9.83. The zero-order valence-corrected chi connectivity index (χ0v) is 9.90. The van der Waals surface area contributed by atoms with E-state index in [0.717, 1.165) is 11.1 Å². The lowest BCUT2D eigenvalue weighted by molar-refractivity contribution is -0.138. The zero-order chi connectivity index (χ0) is 12.3. The Hall–Kier alpha value is -1.35. The van der Waals surface area contributed by atoms with Gasteiger partial charge in [-0.1, -0.05) is 38.1 Å². The molecule has 3 heteroatoms. The Morgan fingerprint density at radius 3 is 2.56 bits per heavy atom. The number of benzene rings is 1. The van der Waals surface area contributed by atoms with Gasteiger partial charge in [-0.05, 0) is 18.1 Å². The van der Waals surface area contributed by atoms with Crippen LogP contribution in [0.15, 0.2) is 24.3 Å². The van der Waals surface area contributed by atoms with Crippen LogP contribution in [0.3, 0.4) is 0 Å². The van der Waals surface area contributed by atoms with Gasteiger partial charge in [-0.3, -0.25) is 4.79 Å². The third kappa shape index (κ3) is 2.61. The minimum atomic E-state index is -0.834. The van der Waals surface area contributed by atoms with Gasteiger partial charge in [0.2, 0.25) is 0 Å². The minimum Gasteiger partial charge on any atom is -0.481 e. The number of aliphatic hydroxyl groups is 1. The van der Waals surface area contributed by atoms with Crippen molar-refractivity contribution >= 4 is 5.97 Å². The van der Waals surface area contributed by atoms with E-state index in [4.69, 9.17) is 5.11 Å². The molecule has 1 aromatic rings. The van der Waals surface area contributed by atoms with Crippen molar-refractivity contribution in [2.75, 3.05) is 6.61 Å². The highest BCUT2D eigenvalue weighted by molar-refractivity contribution is 5.75. The summed E-state index contributed by atoms with van der Waals surface area (Å²) in [5.41, 5.74) is 1.39. The molecule has 1 rings (SSSR count). The van der Waals surface area contributed by atoms with Gasteiger partial charge in [0, 0.05) is 5.41 Å². The summed E-state index contributed by atoms with van der Waals surface area (Å²) in [5.74, 6) is -1.35. The maximum absolute atomic E-state index is 10.9. The van der Waals surface area contributed by atoms with Crippen molar-refractivity contribution in [3.8, 4) is 0 Å². The molecule has 0 aliphatic rings. The lowest BCUT2D eigenvalue weighted by Crippen LogP contribution is -2.22. The van der Waals surface area contributed by atoms with Gasteiger partial charge in [-0.25, -0.2) is 0 Å². The van der Waals surface area contributed by atoms with Crippen LogP contribution in [0.5, 0.6) is 0 Å². The number of aliphatic hydroxyl groups excluding tert-OH is 1. The molecule has 1 aromatic carbocycles. The Morgan fingerprint density at radius 2 is 2.06 bits per heavy atom. The highest BCUT2D eigenvalue weighted by Gasteiger charge is 2.21. The van der Waals surface area contributed by atoms with Crippen LogP contribution in [0, 0.1) is 0 Å². The monoisotopic (exact) mass is 222 g/mol. The van der Waals surface area contributed by atoms with E-state index < -0.39 is 11.9 Å². The maximum atomic E-state index is 10.9. The van der Waals surface area contributed by atoms with E-state index in [-0.39, 0.29) is 12.0 Å². The Bertz CT molecular complexity index is 383. The minimum absolute atomic E-state index is 0.0396. The van der Waals surface area contributed by atoms with Crippen LogP contribution in [0.25, 0.3) is 0 Å². The second-order valence-corrected chi connectivity index (χ2v) is 4.73. The molecule has 0 aliphatic carbocycles. The van der Waals surface area contributed by atoms with Crippen LogP contribution in [0.4, 0.5) is 0 Å². The van der Waals surface area contributed by atoms with Gasteiger partial charge in [0.05, 0.1) is 12.5 Å². The summed E-state index contributed by atoms with van der Waals surface area (Å²) in [4.78, 5) is 10.9. The first-order chi connectivity index (χ1) is 7.38. The van der Waals surface area contributed by atoms with Crippen LogP contribution in [0.1, 0.15) is 37.8 Å². The Morgan fingerprint density at radius 1 is 1.44 bits per heavy atom. The van der Waals surface area contributed by atoms with Gasteiger partial charge >= 0.3 is 5.97 Å². The van der Waals surface area contributed by atoms with Crippen LogP contribution in [0.2, 0.25) is 0 Å². The Balaban J connectivity index is 3.09. The molecule has 16 heavy (non-hydrogen) atoms. The number of carbonyl (C=O) groups is 1. The zero-order valence-electron chi connectivity index (χ0n) is 9.90. The molecule has 0 aromatic heterocycles. The van der Waals surface area contributed by atoms with Gasteiger partial charge in [-0.2, -0.15) is 0 Å². The SMILES string of the molecule is CC(C(=O)O)c1cccc(C(C)(C)CO)c1. The van der Waals surface area contributed by atoms with Crippen LogP contribution in [-0.4, -0.2) is 22.8 Å². The molecular weight excluding hydrogens is 204 g/mol. The molecule has 1 atom stereocenters. The number of hydrogen-bond donors (Lipinski definition) is 2. The Labute approximate surface area is 95.7 Å². The number of hydrogen-bond acceptors (Lipinski definition) is 2. The quantitative estimate of drug-likeness (QED) is 0.820. The number of rotatable bonds is 4. The molecule has 0 fully saturated rings. The van der Waals surface area contributed by atoms with Gasteiger partial charge in [0.1, 0.15) is 0 Å². The maximum Gasteiger partial charge on any atom is 0.310 e. The van der Waals surface area contributed by atoms with Crippen molar-refractivity contribution in [2.24, 2.45) is 0 Å². The van der Waals surface area contributed by atoms with E-state index in [9.17, 15) is 9.90 Å². The molecular formula is C13H18O3. The van der Waals surface area contributed by atoms with Crippen molar-refractivity contribution in [3.05, 3.63) is 35.4 Å². The van der Waals surface area contributed by atoms with E-state index in [1.165, 1.54) is 0 Å². The number of carboxylic acid groups (broad SMARTS) is 1. The molecule has 0 saturated carbocycles. The summed E-state index contributed by atoms with van der Waals surface area (Å²) in [5, 5.41) is 18.2. The molecule has 0 amide bonds. The molecule has 0 heterocycles. The fraction of sp³-hybridized carbons (Fsp3) is 0.462. The predicted octanol–water partition coefficient (Wildman–Crippen LogP) is 2.14. The third-order valence-corrected chi connectivity index (χ3v) is 2.93. The van der Waals surface area contributed by atoms with E-state index >= 15 is 0 Å². The third-order valence-electron chi connectivity index (χ3n) is 2.93. The summed E-state index contributed by atoms with van der Waals surface area (Å²) in [6.07, 6.45) is 0. The average Bonchev–Trinajstić information content (AvgIpc) is 2.28. The highest BCUT2D eigenvalue weighted by Crippen LogP contribution is 2.25. The van der Waals surface area contributed by atoms with Crippen LogP contribution < -0.4 is 0 Å². The average molecular weight is 222 g/mol. The van der Waals surface area contributed by atoms with E-state index in [2.05, 4.69) is 0 Å². The summed E-state index contributed by atoms with van der Waals surface area (Å²) >= 11 is 0. The topological polar surface area (TPSA) is 57.5 Å². The first kappa shape index (κ1) is 12.7. The molecule has 0 radical (unpaired) electrons. The van der Waals surface area contributed by atoms with Crippen molar-refractivity contribution in [1.82, 2.24) is 0 Å². The molecule has 0 aliphatic heterocycles. The molecule has 88 valence electrons. The fourth-order valence-corrected chi connectivity index (χ4v) is 1.46. The molecule has 2 N–H and O–H groups in total. The molecule has 1 unspecified atom stereocenters. The van der Waals surface area contributed by atoms with Gasteiger partial charge in [0.25, 0.3) is 0 Å². The van der Waals surface area contributed by atoms with Crippen molar-refractivity contribution < 1.29 is 15.0 Å². The standard InChI is InChI=1S/C13H18O3/c1-9(12(15)16)10-5-4-6-11(7-10)13(2,3)8-14/h4-7,9,14H,8H2,1-3H3,(H,15,16). The largest absolute Gasteiger partial charge is 0.481 e. The van der Waals surface area contributed by atoms with Crippen LogP contribution in [-0.2, 0) is 10.2 Å². The molecule has 0 spiro atoms. The summed E-state index contributed by atoms with van der Waals surface area (Å²) in [6, 6.07) is 7.40.